The summed E-state index contributed by atoms with van der Waals surface area (Å²) in [7, 11) is 0. The van der Waals surface area contributed by atoms with Gasteiger partial charge in [0.25, 0.3) is 5.69 Å². The molecule has 116 valence electrons. The Morgan fingerprint density at radius 1 is 1.17 bits per heavy atom. The van der Waals surface area contributed by atoms with E-state index in [1.165, 1.54) is 30.0 Å². The van der Waals surface area contributed by atoms with Crippen molar-refractivity contribution in [2.24, 2.45) is 0 Å². The summed E-state index contributed by atoms with van der Waals surface area (Å²) < 4.78 is 0. The van der Waals surface area contributed by atoms with Gasteiger partial charge in [-0.15, -0.1) is 11.8 Å². The smallest absolute Gasteiger partial charge is 0.301 e. The number of rotatable bonds is 2. The normalized spacial score (nSPS) is 13.4. The summed E-state index contributed by atoms with van der Waals surface area (Å²) in [4.78, 5) is 36.8. The Kier molecular flexibility index (Phi) is 3.98. The van der Waals surface area contributed by atoms with Crippen LogP contribution in [0, 0.1) is 10.1 Å². The molecule has 8 heteroatoms. The molecule has 0 aromatic heterocycles. The Hall–Kier alpha value is -2.87. The van der Waals surface area contributed by atoms with Crippen molar-refractivity contribution in [2.75, 3.05) is 16.0 Å². The fraction of sp³-hybridized carbons (Fsp3) is 0.0667. The number of benzene rings is 2. The second-order valence-corrected chi connectivity index (χ2v) is 5.71. The molecule has 0 aliphatic carbocycles. The molecule has 0 unspecified atom stereocenters. The number of nitrogens with one attached hydrogen (secondary N) is 1. The minimum absolute atomic E-state index is 0.0472. The number of urea groups is 1. The number of hydrogen-bond acceptors (Lipinski definition) is 5. The van der Waals surface area contributed by atoms with Gasteiger partial charge in [-0.05, 0) is 18.2 Å². The number of imide groups is 1. The summed E-state index contributed by atoms with van der Waals surface area (Å²) in [5.74, 6) is -0.230. The topological polar surface area (TPSA) is 92.6 Å². The van der Waals surface area contributed by atoms with Gasteiger partial charge in [0.15, 0.2) is 0 Å². The van der Waals surface area contributed by atoms with E-state index in [2.05, 4.69) is 5.32 Å². The van der Waals surface area contributed by atoms with Crippen molar-refractivity contribution in [3.63, 3.8) is 0 Å². The van der Waals surface area contributed by atoms with Crippen molar-refractivity contribution < 1.29 is 14.5 Å². The number of nitro benzene ring substituents is 1. The molecule has 0 radical (unpaired) electrons. The van der Waals surface area contributed by atoms with Crippen LogP contribution in [0.15, 0.2) is 53.4 Å². The van der Waals surface area contributed by atoms with Crippen molar-refractivity contribution in [3.8, 4) is 0 Å². The molecule has 23 heavy (non-hydrogen) atoms. The molecule has 2 aromatic carbocycles. The maximum absolute atomic E-state index is 12.5. The molecular formula is C15H11N3O4S. The van der Waals surface area contributed by atoms with Crippen molar-refractivity contribution in [1.82, 2.24) is 0 Å². The molecule has 0 fully saturated rings. The number of nitrogens with zero attached hydrogens (tertiary/aromatic N) is 2. The molecule has 3 amide bonds. The Labute approximate surface area is 135 Å². The van der Waals surface area contributed by atoms with Crippen LogP contribution in [0.4, 0.5) is 21.9 Å². The Balaban J connectivity index is 1.93. The summed E-state index contributed by atoms with van der Waals surface area (Å²) in [5.41, 5.74) is 0.295. The lowest BCUT2D eigenvalue weighted by molar-refractivity contribution is -0.383. The van der Waals surface area contributed by atoms with Gasteiger partial charge in [-0.25, -0.2) is 9.69 Å². The number of anilines is 2. The second-order valence-electron chi connectivity index (χ2n) is 4.69. The SMILES string of the molecule is O=C1CSc2ccccc2N1C(=O)Nc1ccccc1[N+](=O)[O-]. The summed E-state index contributed by atoms with van der Waals surface area (Å²) in [6.07, 6.45) is 0. The summed E-state index contributed by atoms with van der Waals surface area (Å²) in [6, 6.07) is 12.1. The van der Waals surface area contributed by atoms with E-state index in [1.54, 1.807) is 18.2 Å². The summed E-state index contributed by atoms with van der Waals surface area (Å²) in [6.45, 7) is 0. The minimum atomic E-state index is -0.711. The van der Waals surface area contributed by atoms with Gasteiger partial charge < -0.3 is 5.32 Å². The van der Waals surface area contributed by atoms with Gasteiger partial charge in [0, 0.05) is 11.0 Å². The number of nitro groups is 1. The number of carbonyl (C=O) groups excluding carboxylic acids is 2. The van der Waals surface area contributed by atoms with Crippen molar-refractivity contribution in [1.29, 1.82) is 0 Å². The zero-order valence-electron chi connectivity index (χ0n) is 11.8. The summed E-state index contributed by atoms with van der Waals surface area (Å²) in [5, 5.41) is 13.5. The van der Waals surface area contributed by atoms with Gasteiger partial charge in [-0.3, -0.25) is 14.9 Å². The van der Waals surface area contributed by atoms with E-state index in [1.807, 2.05) is 12.1 Å². The summed E-state index contributed by atoms with van der Waals surface area (Å²) >= 11 is 1.35. The van der Waals surface area contributed by atoms with Crippen LogP contribution < -0.4 is 10.2 Å². The first-order chi connectivity index (χ1) is 11.1. The predicted molar refractivity (Wildman–Crippen MR) is 86.8 cm³/mol. The minimum Gasteiger partial charge on any atom is -0.301 e. The second kappa shape index (κ2) is 6.09. The molecule has 0 saturated heterocycles. The van der Waals surface area contributed by atoms with Crippen LogP contribution >= 0.6 is 11.8 Å². The predicted octanol–water partition coefficient (Wildman–Crippen LogP) is 3.27. The van der Waals surface area contributed by atoms with Gasteiger partial charge in [0.2, 0.25) is 5.91 Å². The van der Waals surface area contributed by atoms with Crippen LogP contribution in [-0.4, -0.2) is 22.6 Å². The molecule has 1 aliphatic rings. The van der Waals surface area contributed by atoms with Gasteiger partial charge in [0.1, 0.15) is 5.69 Å². The van der Waals surface area contributed by atoms with Crippen LogP contribution in [0.25, 0.3) is 0 Å². The van der Waals surface area contributed by atoms with Crippen molar-refractivity contribution in [2.45, 2.75) is 4.90 Å². The fourth-order valence-electron chi connectivity index (χ4n) is 2.23. The third-order valence-electron chi connectivity index (χ3n) is 3.25. The van der Waals surface area contributed by atoms with Gasteiger partial charge >= 0.3 is 6.03 Å². The Morgan fingerprint density at radius 3 is 2.65 bits per heavy atom. The maximum Gasteiger partial charge on any atom is 0.333 e. The van der Waals surface area contributed by atoms with E-state index in [0.717, 1.165) is 9.80 Å². The Bertz CT molecular complexity index is 809. The zero-order chi connectivity index (χ0) is 16.4. The standard InChI is InChI=1S/C15H11N3O4S/c19-14-9-23-13-8-4-3-7-12(13)17(14)15(20)16-10-5-1-2-6-11(10)18(21)22/h1-8H,9H2,(H,16,20). The highest BCUT2D eigenvalue weighted by molar-refractivity contribution is 8.00. The van der Waals surface area contributed by atoms with Crippen molar-refractivity contribution >= 4 is 40.8 Å². The number of carbonyl (C=O) groups is 2. The third-order valence-corrected chi connectivity index (χ3v) is 4.30. The average Bonchev–Trinajstić information content (AvgIpc) is 2.54. The van der Waals surface area contributed by atoms with Crippen LogP contribution in [0.3, 0.4) is 0 Å². The van der Waals surface area contributed by atoms with Crippen LogP contribution in [0.2, 0.25) is 0 Å². The molecule has 1 heterocycles. The van der Waals surface area contributed by atoms with E-state index in [0.29, 0.717) is 5.69 Å². The first-order valence-electron chi connectivity index (χ1n) is 6.67. The highest BCUT2D eigenvalue weighted by atomic mass is 32.2. The average molecular weight is 329 g/mol. The molecule has 0 bridgehead atoms. The molecule has 0 saturated carbocycles. The molecule has 2 aromatic rings. The van der Waals surface area contributed by atoms with E-state index < -0.39 is 11.0 Å². The quantitative estimate of drug-likeness (QED) is 0.674. The number of amides is 3. The lowest BCUT2D eigenvalue weighted by atomic mass is 10.2. The lowest BCUT2D eigenvalue weighted by Gasteiger charge is -2.27. The van der Waals surface area contributed by atoms with Gasteiger partial charge in [-0.1, -0.05) is 24.3 Å². The maximum atomic E-state index is 12.5. The Morgan fingerprint density at radius 2 is 1.87 bits per heavy atom. The van der Waals surface area contributed by atoms with E-state index in [9.17, 15) is 19.7 Å². The van der Waals surface area contributed by atoms with Gasteiger partial charge in [0.05, 0.1) is 16.4 Å². The number of fused-ring (bicyclic) bond motifs is 1. The monoisotopic (exact) mass is 329 g/mol. The first kappa shape index (κ1) is 15.0. The number of hydrogen-bond donors (Lipinski definition) is 1. The number of para-hydroxylation sites is 3. The highest BCUT2D eigenvalue weighted by Gasteiger charge is 2.30. The zero-order valence-corrected chi connectivity index (χ0v) is 12.6. The molecular weight excluding hydrogens is 318 g/mol. The highest BCUT2D eigenvalue weighted by Crippen LogP contribution is 2.35. The van der Waals surface area contributed by atoms with Crippen molar-refractivity contribution in [3.05, 3.63) is 58.6 Å². The first-order valence-corrected chi connectivity index (χ1v) is 7.65. The fourth-order valence-corrected chi connectivity index (χ4v) is 3.12. The molecule has 1 N–H and O–H groups in total. The van der Waals surface area contributed by atoms with Crippen LogP contribution in [0.1, 0.15) is 0 Å². The van der Waals surface area contributed by atoms with E-state index in [-0.39, 0.29) is 23.0 Å². The third kappa shape index (κ3) is 2.88. The molecule has 0 spiro atoms. The molecule has 0 atom stereocenters. The van der Waals surface area contributed by atoms with E-state index in [4.69, 9.17) is 0 Å². The van der Waals surface area contributed by atoms with Crippen LogP contribution in [-0.2, 0) is 4.79 Å². The van der Waals surface area contributed by atoms with Gasteiger partial charge in [-0.2, -0.15) is 0 Å². The van der Waals surface area contributed by atoms with E-state index >= 15 is 0 Å². The largest absolute Gasteiger partial charge is 0.333 e. The lowest BCUT2D eigenvalue weighted by Crippen LogP contribution is -2.43. The molecule has 7 nitrogen and oxygen atoms in total. The molecule has 1 aliphatic heterocycles. The number of thioether (sulfide) groups is 1. The van der Waals surface area contributed by atoms with Crippen LogP contribution in [0.5, 0.6) is 0 Å². The molecule has 3 rings (SSSR count).